The van der Waals surface area contributed by atoms with Crippen molar-refractivity contribution in [3.8, 4) is 0 Å². The van der Waals surface area contributed by atoms with E-state index in [1.807, 2.05) is 67.6 Å². The fourth-order valence-electron chi connectivity index (χ4n) is 4.35. The van der Waals surface area contributed by atoms with E-state index in [0.29, 0.717) is 11.1 Å². The summed E-state index contributed by atoms with van der Waals surface area (Å²) >= 11 is 1.52. The number of imide groups is 1. The monoisotopic (exact) mass is 484 g/mol. The van der Waals surface area contributed by atoms with Crippen LogP contribution in [0.15, 0.2) is 84.9 Å². The molecule has 0 unspecified atom stereocenters. The van der Waals surface area contributed by atoms with Gasteiger partial charge in [0.1, 0.15) is 11.6 Å². The molecule has 1 fully saturated rings. The van der Waals surface area contributed by atoms with E-state index >= 15 is 0 Å². The number of urea groups is 1. The Balaban J connectivity index is 1.41. The molecule has 1 aromatic heterocycles. The number of carbonyl (C=O) groups is 3. The number of para-hydroxylation sites is 1. The van der Waals surface area contributed by atoms with Gasteiger partial charge < -0.3 is 10.2 Å². The molecule has 2 heterocycles. The van der Waals surface area contributed by atoms with Crippen molar-refractivity contribution in [2.24, 2.45) is 0 Å². The van der Waals surface area contributed by atoms with Gasteiger partial charge >= 0.3 is 6.03 Å². The van der Waals surface area contributed by atoms with Gasteiger partial charge in [0.25, 0.3) is 5.91 Å². The molecule has 0 saturated carbocycles. The molecule has 1 atom stereocenters. The van der Waals surface area contributed by atoms with Crippen LogP contribution in [0.2, 0.25) is 0 Å². The minimum absolute atomic E-state index is 0.311. The molecule has 3 aromatic carbocycles. The van der Waals surface area contributed by atoms with Crippen molar-refractivity contribution < 1.29 is 14.4 Å². The van der Waals surface area contributed by atoms with Crippen LogP contribution in [0, 0.1) is 0 Å². The van der Waals surface area contributed by atoms with Crippen LogP contribution in [0.1, 0.15) is 29.1 Å². The summed E-state index contributed by atoms with van der Waals surface area (Å²) in [6.07, 6.45) is 0. The van der Waals surface area contributed by atoms with Crippen molar-refractivity contribution in [1.82, 2.24) is 20.1 Å². The van der Waals surface area contributed by atoms with Gasteiger partial charge in [-0.25, -0.2) is 9.78 Å². The van der Waals surface area contributed by atoms with E-state index in [-0.39, 0.29) is 18.5 Å². The number of rotatable bonds is 6. The van der Waals surface area contributed by atoms with Gasteiger partial charge in [-0.2, -0.15) is 0 Å². The summed E-state index contributed by atoms with van der Waals surface area (Å²) in [6, 6.07) is 25.1. The Morgan fingerprint density at radius 3 is 2.14 bits per heavy atom. The maximum atomic E-state index is 13.8. The summed E-state index contributed by atoms with van der Waals surface area (Å²) in [5, 5.41) is 3.67. The lowest BCUT2D eigenvalue weighted by Crippen LogP contribution is -2.46. The number of thiazole rings is 1. The van der Waals surface area contributed by atoms with E-state index in [2.05, 4.69) is 10.3 Å². The van der Waals surface area contributed by atoms with E-state index in [1.165, 1.54) is 16.2 Å². The summed E-state index contributed by atoms with van der Waals surface area (Å²) in [6.45, 7) is 1.53. The third-order valence-corrected chi connectivity index (χ3v) is 7.66. The molecule has 35 heavy (non-hydrogen) atoms. The van der Waals surface area contributed by atoms with Gasteiger partial charge in [-0.3, -0.25) is 14.5 Å². The second kappa shape index (κ2) is 8.96. The largest absolute Gasteiger partial charge is 0.335 e. The summed E-state index contributed by atoms with van der Waals surface area (Å²) < 4.78 is 1.04. The van der Waals surface area contributed by atoms with E-state index in [4.69, 9.17) is 0 Å². The van der Waals surface area contributed by atoms with Crippen LogP contribution in [-0.4, -0.2) is 46.2 Å². The number of fused-ring (bicyclic) bond motifs is 1. The van der Waals surface area contributed by atoms with E-state index < -0.39 is 17.5 Å². The first-order valence-electron chi connectivity index (χ1n) is 11.3. The second-order valence-corrected chi connectivity index (χ2v) is 9.57. The number of aromatic nitrogens is 1. The number of nitrogens with zero attached hydrogens (tertiary/aromatic N) is 3. The Kier molecular flexibility index (Phi) is 5.82. The molecule has 1 saturated heterocycles. The third kappa shape index (κ3) is 3.85. The van der Waals surface area contributed by atoms with Gasteiger partial charge in [-0.15, -0.1) is 11.3 Å². The second-order valence-electron chi connectivity index (χ2n) is 8.50. The van der Waals surface area contributed by atoms with E-state index in [0.717, 1.165) is 20.1 Å². The standard InChI is InChI=1S/C27H24N4O3S/c1-18(24-28-21-15-9-10-16-22(21)35-24)30(2)23(32)17-31-25(33)27(29-26(31)34,19-11-5-3-6-12-19)20-13-7-4-8-14-20/h3-16,18H,17H2,1-2H3,(H,29,34)/t18-/m0/s1. The summed E-state index contributed by atoms with van der Waals surface area (Å²) in [5.41, 5.74) is 0.757. The molecule has 8 heteroatoms. The third-order valence-electron chi connectivity index (χ3n) is 6.45. The maximum absolute atomic E-state index is 13.8. The molecule has 0 spiro atoms. The Morgan fingerprint density at radius 1 is 0.971 bits per heavy atom. The van der Waals surface area contributed by atoms with Gasteiger partial charge in [-0.1, -0.05) is 72.8 Å². The Hall–Kier alpha value is -4.04. The topological polar surface area (TPSA) is 82.6 Å². The Labute approximate surface area is 207 Å². The lowest BCUT2D eigenvalue weighted by atomic mass is 9.82. The van der Waals surface area contributed by atoms with Crippen LogP contribution < -0.4 is 5.32 Å². The van der Waals surface area contributed by atoms with E-state index in [1.54, 1.807) is 31.3 Å². The van der Waals surface area contributed by atoms with Crippen LogP contribution in [0.25, 0.3) is 10.2 Å². The molecule has 5 rings (SSSR count). The minimum atomic E-state index is -1.39. The molecule has 7 nitrogen and oxygen atoms in total. The van der Waals surface area contributed by atoms with Gasteiger partial charge in [0.15, 0.2) is 5.54 Å². The molecular formula is C27H24N4O3S. The molecule has 1 aliphatic rings. The number of benzene rings is 3. The first-order chi connectivity index (χ1) is 16.9. The van der Waals surface area contributed by atoms with Gasteiger partial charge in [-0.05, 0) is 30.2 Å². The normalized spacial score (nSPS) is 15.8. The minimum Gasteiger partial charge on any atom is -0.335 e. The molecule has 176 valence electrons. The Bertz CT molecular complexity index is 1330. The highest BCUT2D eigenvalue weighted by molar-refractivity contribution is 7.18. The lowest BCUT2D eigenvalue weighted by Gasteiger charge is -2.28. The quantitative estimate of drug-likeness (QED) is 0.414. The molecule has 1 N–H and O–H groups in total. The van der Waals surface area contributed by atoms with Crippen molar-refractivity contribution >= 4 is 39.4 Å². The lowest BCUT2D eigenvalue weighted by molar-refractivity contribution is -0.138. The molecule has 0 aliphatic carbocycles. The van der Waals surface area contributed by atoms with Crippen molar-refractivity contribution in [3.05, 3.63) is 101 Å². The molecule has 4 aromatic rings. The highest BCUT2D eigenvalue weighted by Gasteiger charge is 2.54. The van der Waals surface area contributed by atoms with Crippen molar-refractivity contribution in [3.63, 3.8) is 0 Å². The molecule has 0 radical (unpaired) electrons. The summed E-state index contributed by atoms with van der Waals surface area (Å²) in [7, 11) is 1.67. The van der Waals surface area contributed by atoms with Crippen LogP contribution in [0.3, 0.4) is 0 Å². The number of nitrogens with one attached hydrogen (secondary N) is 1. The predicted octanol–water partition coefficient (Wildman–Crippen LogP) is 4.31. The smallest absolute Gasteiger partial charge is 0.326 e. The SMILES string of the molecule is C[C@@H](c1nc2ccccc2s1)N(C)C(=O)CN1C(=O)NC(c2ccccc2)(c2ccccc2)C1=O. The fourth-order valence-corrected chi connectivity index (χ4v) is 5.41. The van der Waals surface area contributed by atoms with E-state index in [9.17, 15) is 14.4 Å². The molecular weight excluding hydrogens is 460 g/mol. The molecule has 1 aliphatic heterocycles. The molecule has 0 bridgehead atoms. The van der Waals surface area contributed by atoms with Crippen molar-refractivity contribution in [1.29, 1.82) is 0 Å². The van der Waals surface area contributed by atoms with Gasteiger partial charge in [0.05, 0.1) is 16.3 Å². The summed E-state index contributed by atoms with van der Waals surface area (Å²) in [5.74, 6) is -0.827. The van der Waals surface area contributed by atoms with Crippen LogP contribution in [0.5, 0.6) is 0 Å². The summed E-state index contributed by atoms with van der Waals surface area (Å²) in [4.78, 5) is 47.3. The number of hydrogen-bond donors (Lipinski definition) is 1. The van der Waals surface area contributed by atoms with Crippen LogP contribution in [-0.2, 0) is 15.1 Å². The van der Waals surface area contributed by atoms with Gasteiger partial charge in [0.2, 0.25) is 5.91 Å². The van der Waals surface area contributed by atoms with Gasteiger partial charge in [0, 0.05) is 7.05 Å². The van der Waals surface area contributed by atoms with Crippen LogP contribution >= 0.6 is 11.3 Å². The average molecular weight is 485 g/mol. The zero-order valence-electron chi connectivity index (χ0n) is 19.3. The first kappa shape index (κ1) is 22.7. The number of hydrogen-bond acceptors (Lipinski definition) is 5. The average Bonchev–Trinajstić information content (AvgIpc) is 3.44. The zero-order chi connectivity index (χ0) is 24.6. The molecule has 4 amide bonds. The highest BCUT2D eigenvalue weighted by Crippen LogP contribution is 2.36. The number of carbonyl (C=O) groups excluding carboxylic acids is 3. The number of amides is 4. The predicted molar refractivity (Wildman–Crippen MR) is 135 cm³/mol. The first-order valence-corrected chi connectivity index (χ1v) is 12.1. The van der Waals surface area contributed by atoms with Crippen LogP contribution in [0.4, 0.5) is 4.79 Å². The maximum Gasteiger partial charge on any atom is 0.326 e. The van der Waals surface area contributed by atoms with Crippen molar-refractivity contribution in [2.45, 2.75) is 18.5 Å². The van der Waals surface area contributed by atoms with Crippen molar-refractivity contribution in [2.75, 3.05) is 13.6 Å². The fraction of sp³-hybridized carbons (Fsp3) is 0.185. The Morgan fingerprint density at radius 2 is 1.54 bits per heavy atom. The highest BCUT2D eigenvalue weighted by atomic mass is 32.1. The zero-order valence-corrected chi connectivity index (χ0v) is 20.2. The number of likely N-dealkylation sites (N-methyl/N-ethyl adjacent to an activating group) is 1.